The Balaban J connectivity index is 1.55. The van der Waals surface area contributed by atoms with Crippen LogP contribution in [0.25, 0.3) is 0 Å². The molecule has 0 amide bonds. The van der Waals surface area contributed by atoms with Crippen LogP contribution in [0, 0.1) is 34.5 Å². The highest BCUT2D eigenvalue weighted by Crippen LogP contribution is 2.66. The normalized spacial score (nSPS) is 47.5. The van der Waals surface area contributed by atoms with Gasteiger partial charge in [0.15, 0.2) is 11.9 Å². The Morgan fingerprint density at radius 3 is 2.25 bits per heavy atom. The molecule has 8 atom stereocenters. The number of Topliss-reactive ketones (excluding diaryl/α,β-unsaturated/α-hetero) is 1. The number of hydrogen-bond acceptors (Lipinski definition) is 5. The van der Waals surface area contributed by atoms with E-state index >= 15 is 0 Å². The van der Waals surface area contributed by atoms with E-state index in [1.54, 1.807) is 0 Å². The van der Waals surface area contributed by atoms with Gasteiger partial charge in [-0.2, -0.15) is 0 Å². The van der Waals surface area contributed by atoms with E-state index in [1.165, 1.54) is 20.3 Å². The maximum absolute atomic E-state index is 12.8. The summed E-state index contributed by atoms with van der Waals surface area (Å²) < 4.78 is 11.1. The van der Waals surface area contributed by atoms with Crippen molar-refractivity contribution >= 4 is 17.7 Å². The zero-order valence-electron chi connectivity index (χ0n) is 17.7. The van der Waals surface area contributed by atoms with E-state index in [1.807, 2.05) is 0 Å². The van der Waals surface area contributed by atoms with Crippen molar-refractivity contribution in [2.24, 2.45) is 34.5 Å². The van der Waals surface area contributed by atoms with Crippen molar-refractivity contribution in [2.75, 3.05) is 0 Å². The van der Waals surface area contributed by atoms with Crippen molar-refractivity contribution in [3.63, 3.8) is 0 Å². The SMILES string of the molecule is CC(=O)OC1CC2CCC3C(CCC4(C)C(OC(C)=O)CCC34)C2(C)CC1=O. The lowest BCUT2D eigenvalue weighted by Crippen LogP contribution is -2.56. The lowest BCUT2D eigenvalue weighted by molar-refractivity contribution is -0.174. The number of carbonyl (C=O) groups excluding carboxylic acids is 3. The van der Waals surface area contributed by atoms with Gasteiger partial charge in [-0.1, -0.05) is 13.8 Å². The van der Waals surface area contributed by atoms with Crippen molar-refractivity contribution in [3.8, 4) is 0 Å². The first-order chi connectivity index (χ1) is 13.1. The first-order valence-corrected chi connectivity index (χ1v) is 11.0. The van der Waals surface area contributed by atoms with Gasteiger partial charge in [-0.25, -0.2) is 0 Å². The molecule has 0 N–H and O–H groups in total. The molecule has 28 heavy (non-hydrogen) atoms. The summed E-state index contributed by atoms with van der Waals surface area (Å²) in [5.74, 6) is 1.76. The lowest BCUT2D eigenvalue weighted by Gasteiger charge is -2.60. The second-order valence-corrected chi connectivity index (χ2v) is 10.4. The number of rotatable bonds is 2. The van der Waals surface area contributed by atoms with Crippen LogP contribution >= 0.6 is 0 Å². The fraction of sp³-hybridized carbons (Fsp3) is 0.870. The highest BCUT2D eigenvalue weighted by molar-refractivity contribution is 5.86. The third kappa shape index (κ3) is 3.00. The molecule has 0 heterocycles. The summed E-state index contributed by atoms with van der Waals surface area (Å²) in [5.41, 5.74) is 0.0898. The highest BCUT2D eigenvalue weighted by atomic mass is 16.5. The van der Waals surface area contributed by atoms with Crippen LogP contribution in [0.1, 0.15) is 79.1 Å². The summed E-state index contributed by atoms with van der Waals surface area (Å²) in [5, 5.41) is 0. The van der Waals surface area contributed by atoms with Crippen LogP contribution in [0.5, 0.6) is 0 Å². The number of carbonyl (C=O) groups is 3. The Bertz CT molecular complexity index is 686. The van der Waals surface area contributed by atoms with Crippen LogP contribution in [0.15, 0.2) is 0 Å². The topological polar surface area (TPSA) is 69.7 Å². The molecule has 4 aliphatic carbocycles. The van der Waals surface area contributed by atoms with Crippen LogP contribution in [0.2, 0.25) is 0 Å². The minimum atomic E-state index is -0.541. The fourth-order valence-electron chi connectivity index (χ4n) is 7.74. The summed E-state index contributed by atoms with van der Waals surface area (Å²) >= 11 is 0. The minimum Gasteiger partial charge on any atom is -0.462 e. The number of fused-ring (bicyclic) bond motifs is 5. The standard InChI is InChI=1S/C23H34O5/c1-13(24)27-20-11-15-5-6-16-17-7-8-21(28-14(2)25)22(17,3)10-9-18(16)23(15,4)12-19(20)26/h15-18,20-21H,5-12H2,1-4H3. The third-order valence-corrected chi connectivity index (χ3v) is 9.01. The molecule has 5 nitrogen and oxygen atoms in total. The molecule has 5 heteroatoms. The van der Waals surface area contributed by atoms with E-state index < -0.39 is 6.10 Å². The van der Waals surface area contributed by atoms with Gasteiger partial charge in [-0.15, -0.1) is 0 Å². The van der Waals surface area contributed by atoms with Gasteiger partial charge in [0.2, 0.25) is 0 Å². The van der Waals surface area contributed by atoms with Gasteiger partial charge < -0.3 is 9.47 Å². The highest BCUT2D eigenvalue weighted by Gasteiger charge is 2.62. The summed E-state index contributed by atoms with van der Waals surface area (Å²) in [6.07, 6.45) is 7.28. The van der Waals surface area contributed by atoms with Gasteiger partial charge in [-0.3, -0.25) is 14.4 Å². The molecule has 0 radical (unpaired) electrons. The fourth-order valence-corrected chi connectivity index (χ4v) is 7.74. The third-order valence-electron chi connectivity index (χ3n) is 9.01. The molecule has 0 aromatic carbocycles. The molecular weight excluding hydrogens is 356 g/mol. The molecule has 4 saturated carbocycles. The molecule has 0 spiro atoms. The number of ketones is 1. The quantitative estimate of drug-likeness (QED) is 0.665. The molecule has 0 aliphatic heterocycles. The molecule has 0 saturated heterocycles. The average Bonchev–Trinajstić information content (AvgIpc) is 2.91. The zero-order chi connectivity index (χ0) is 20.3. The number of ether oxygens (including phenoxy) is 2. The van der Waals surface area contributed by atoms with Crippen molar-refractivity contribution in [3.05, 3.63) is 0 Å². The van der Waals surface area contributed by atoms with Gasteiger partial charge in [0.25, 0.3) is 0 Å². The maximum Gasteiger partial charge on any atom is 0.303 e. The summed E-state index contributed by atoms with van der Waals surface area (Å²) in [6.45, 7) is 7.55. The molecule has 0 bridgehead atoms. The van der Waals surface area contributed by atoms with Crippen molar-refractivity contribution in [2.45, 2.75) is 91.3 Å². The van der Waals surface area contributed by atoms with E-state index in [9.17, 15) is 14.4 Å². The van der Waals surface area contributed by atoms with Gasteiger partial charge in [0.05, 0.1) is 0 Å². The van der Waals surface area contributed by atoms with Crippen molar-refractivity contribution in [1.29, 1.82) is 0 Å². The predicted molar refractivity (Wildman–Crippen MR) is 103 cm³/mol. The van der Waals surface area contributed by atoms with Crippen LogP contribution in [-0.2, 0) is 23.9 Å². The smallest absolute Gasteiger partial charge is 0.303 e. The summed E-state index contributed by atoms with van der Waals surface area (Å²) in [7, 11) is 0. The second-order valence-electron chi connectivity index (χ2n) is 10.4. The Morgan fingerprint density at radius 2 is 1.57 bits per heavy atom. The van der Waals surface area contributed by atoms with E-state index in [0.29, 0.717) is 36.5 Å². The van der Waals surface area contributed by atoms with Crippen LogP contribution in [-0.4, -0.2) is 29.9 Å². The van der Waals surface area contributed by atoms with E-state index in [2.05, 4.69) is 13.8 Å². The Morgan fingerprint density at radius 1 is 0.893 bits per heavy atom. The van der Waals surface area contributed by atoms with Crippen molar-refractivity contribution < 1.29 is 23.9 Å². The lowest BCUT2D eigenvalue weighted by atomic mass is 9.45. The van der Waals surface area contributed by atoms with E-state index in [4.69, 9.17) is 9.47 Å². The number of esters is 2. The van der Waals surface area contributed by atoms with Crippen molar-refractivity contribution in [1.82, 2.24) is 0 Å². The summed E-state index contributed by atoms with van der Waals surface area (Å²) in [4.78, 5) is 35.8. The Kier molecular flexibility index (Phi) is 4.86. The summed E-state index contributed by atoms with van der Waals surface area (Å²) in [6, 6.07) is 0. The average molecular weight is 391 g/mol. The largest absolute Gasteiger partial charge is 0.462 e. The number of hydrogen-bond donors (Lipinski definition) is 0. The monoisotopic (exact) mass is 390 g/mol. The maximum atomic E-state index is 12.8. The second kappa shape index (κ2) is 6.84. The molecule has 0 aromatic heterocycles. The molecular formula is C23H34O5. The Labute approximate surface area is 167 Å². The minimum absolute atomic E-state index is 0.0114. The molecule has 4 fully saturated rings. The van der Waals surface area contributed by atoms with Gasteiger partial charge in [-0.05, 0) is 74.0 Å². The first-order valence-electron chi connectivity index (χ1n) is 11.0. The van der Waals surface area contributed by atoms with Gasteiger partial charge in [0, 0.05) is 25.7 Å². The molecule has 4 rings (SSSR count). The van der Waals surface area contributed by atoms with E-state index in [0.717, 1.165) is 32.1 Å². The van der Waals surface area contributed by atoms with Crippen LogP contribution in [0.3, 0.4) is 0 Å². The molecule has 156 valence electrons. The van der Waals surface area contributed by atoms with Crippen LogP contribution in [0.4, 0.5) is 0 Å². The predicted octanol–water partition coefficient (Wildman–Crippen LogP) is 4.07. The van der Waals surface area contributed by atoms with E-state index in [-0.39, 0.29) is 34.7 Å². The Hall–Kier alpha value is -1.39. The van der Waals surface area contributed by atoms with Crippen LogP contribution < -0.4 is 0 Å². The molecule has 8 unspecified atom stereocenters. The molecule has 0 aromatic rings. The van der Waals surface area contributed by atoms with Gasteiger partial charge in [0.1, 0.15) is 6.10 Å². The van der Waals surface area contributed by atoms with Gasteiger partial charge >= 0.3 is 11.9 Å². The molecule has 4 aliphatic rings. The zero-order valence-corrected chi connectivity index (χ0v) is 17.7. The first kappa shape index (κ1) is 19.9.